The lowest BCUT2D eigenvalue weighted by atomic mass is 10.1. The van der Waals surface area contributed by atoms with Crippen molar-refractivity contribution in [3.63, 3.8) is 0 Å². The lowest BCUT2D eigenvalue weighted by molar-refractivity contribution is -0.121. The van der Waals surface area contributed by atoms with Crippen molar-refractivity contribution in [3.05, 3.63) is 0 Å². The Hall–Kier alpha value is -0.570. The van der Waals surface area contributed by atoms with Crippen LogP contribution in [-0.4, -0.2) is 19.1 Å². The number of nitrogens with one attached hydrogen (secondary N) is 1. The molecule has 0 spiro atoms. The van der Waals surface area contributed by atoms with Crippen LogP contribution in [0.1, 0.15) is 64.7 Å². The summed E-state index contributed by atoms with van der Waals surface area (Å²) < 4.78 is 0. The minimum absolute atomic E-state index is 0.0396. The first-order chi connectivity index (χ1) is 7.81. The van der Waals surface area contributed by atoms with Crippen molar-refractivity contribution >= 4 is 5.91 Å². The number of hydrogen-bond acceptors (Lipinski definition) is 1. The van der Waals surface area contributed by atoms with E-state index in [-0.39, 0.29) is 12.5 Å². The summed E-state index contributed by atoms with van der Waals surface area (Å²) in [4.78, 5) is 11.3. The second-order valence-corrected chi connectivity index (χ2v) is 4.28. The fraction of sp³-hybridized carbons (Fsp3) is 0.923. The monoisotopic (exact) mass is 228 g/mol. The summed E-state index contributed by atoms with van der Waals surface area (Å²) in [6.07, 6.45) is 9.03. The molecular formula is C13H26NO2. The third-order valence-electron chi connectivity index (χ3n) is 2.65. The second kappa shape index (κ2) is 12.5. The highest BCUT2D eigenvalue weighted by molar-refractivity contribution is 5.75. The van der Waals surface area contributed by atoms with Crippen molar-refractivity contribution in [1.82, 2.24) is 5.32 Å². The largest absolute Gasteiger partial charge is 0.356 e. The molecule has 95 valence electrons. The van der Waals surface area contributed by atoms with Crippen molar-refractivity contribution < 1.29 is 9.90 Å². The maximum Gasteiger partial charge on any atom is 0.219 e. The number of amides is 1. The second-order valence-electron chi connectivity index (χ2n) is 4.28. The lowest BCUT2D eigenvalue weighted by Gasteiger charge is -2.04. The lowest BCUT2D eigenvalue weighted by Crippen LogP contribution is -2.23. The van der Waals surface area contributed by atoms with Crippen LogP contribution >= 0.6 is 0 Å². The molecule has 0 heterocycles. The third kappa shape index (κ3) is 11.5. The minimum atomic E-state index is 0.0396. The van der Waals surface area contributed by atoms with Crippen LogP contribution in [0.2, 0.25) is 0 Å². The smallest absolute Gasteiger partial charge is 0.219 e. The fourth-order valence-electron chi connectivity index (χ4n) is 1.61. The van der Waals surface area contributed by atoms with Gasteiger partial charge in [0.05, 0.1) is 6.61 Å². The van der Waals surface area contributed by atoms with E-state index < -0.39 is 0 Å². The van der Waals surface area contributed by atoms with Crippen molar-refractivity contribution in [2.75, 3.05) is 13.2 Å². The molecule has 0 atom stereocenters. The van der Waals surface area contributed by atoms with E-state index in [2.05, 4.69) is 12.2 Å². The Morgan fingerprint density at radius 1 is 0.938 bits per heavy atom. The molecule has 0 saturated heterocycles. The zero-order valence-corrected chi connectivity index (χ0v) is 10.6. The molecule has 0 aromatic carbocycles. The normalized spacial score (nSPS) is 10.4. The van der Waals surface area contributed by atoms with Gasteiger partial charge in [0.2, 0.25) is 5.91 Å². The number of hydrogen-bond donors (Lipinski definition) is 1. The average Bonchev–Trinajstić information content (AvgIpc) is 2.29. The SMILES string of the molecule is CCCCCNC(=O)CCCCCCC[O]. The standard InChI is InChI=1S/C13H26NO2/c1-2-3-8-11-14-13(16)10-7-5-4-6-9-12-15/h2-12H2,1H3,(H,14,16). The van der Waals surface area contributed by atoms with Crippen LogP contribution < -0.4 is 5.32 Å². The molecule has 3 nitrogen and oxygen atoms in total. The maximum absolute atomic E-state index is 11.3. The Morgan fingerprint density at radius 2 is 1.62 bits per heavy atom. The molecule has 1 amide bonds. The van der Waals surface area contributed by atoms with E-state index in [4.69, 9.17) is 0 Å². The average molecular weight is 228 g/mol. The highest BCUT2D eigenvalue weighted by Gasteiger charge is 1.99. The van der Waals surface area contributed by atoms with E-state index in [1.807, 2.05) is 0 Å². The number of carbonyl (C=O) groups excluding carboxylic acids is 1. The van der Waals surface area contributed by atoms with Gasteiger partial charge in [-0.1, -0.05) is 39.0 Å². The maximum atomic E-state index is 11.3. The Kier molecular flexibility index (Phi) is 12.1. The van der Waals surface area contributed by atoms with Crippen LogP contribution in [0.3, 0.4) is 0 Å². The predicted molar refractivity (Wildman–Crippen MR) is 65.8 cm³/mol. The molecule has 0 aliphatic carbocycles. The molecule has 0 saturated carbocycles. The zero-order valence-electron chi connectivity index (χ0n) is 10.6. The van der Waals surface area contributed by atoms with Gasteiger partial charge in [-0.3, -0.25) is 4.79 Å². The summed E-state index contributed by atoms with van der Waals surface area (Å²) >= 11 is 0. The van der Waals surface area contributed by atoms with E-state index >= 15 is 0 Å². The van der Waals surface area contributed by atoms with E-state index in [1.54, 1.807) is 0 Å². The van der Waals surface area contributed by atoms with Gasteiger partial charge < -0.3 is 5.32 Å². The van der Waals surface area contributed by atoms with E-state index in [1.165, 1.54) is 12.8 Å². The van der Waals surface area contributed by atoms with Crippen molar-refractivity contribution in [1.29, 1.82) is 0 Å². The molecule has 0 aromatic rings. The predicted octanol–water partition coefficient (Wildman–Crippen LogP) is 3.06. The Bertz CT molecular complexity index is 160. The molecule has 0 aromatic heterocycles. The van der Waals surface area contributed by atoms with Gasteiger partial charge in [-0.05, 0) is 19.3 Å². The van der Waals surface area contributed by atoms with E-state index in [9.17, 15) is 9.90 Å². The minimum Gasteiger partial charge on any atom is -0.356 e. The van der Waals surface area contributed by atoms with Gasteiger partial charge in [-0.2, -0.15) is 0 Å². The number of carbonyl (C=O) groups is 1. The summed E-state index contributed by atoms with van der Waals surface area (Å²) in [5.41, 5.74) is 0. The molecule has 0 rings (SSSR count). The van der Waals surface area contributed by atoms with Crippen molar-refractivity contribution in [2.45, 2.75) is 64.7 Å². The van der Waals surface area contributed by atoms with Gasteiger partial charge in [0.25, 0.3) is 0 Å². The van der Waals surface area contributed by atoms with Crippen molar-refractivity contribution in [2.24, 2.45) is 0 Å². The molecular weight excluding hydrogens is 202 g/mol. The molecule has 0 bridgehead atoms. The highest BCUT2D eigenvalue weighted by atomic mass is 16.2. The quantitative estimate of drug-likeness (QED) is 0.543. The van der Waals surface area contributed by atoms with Gasteiger partial charge in [-0.15, -0.1) is 0 Å². The summed E-state index contributed by atoms with van der Waals surface area (Å²) in [5, 5.41) is 13.1. The molecule has 3 heteroatoms. The number of unbranched alkanes of at least 4 members (excludes halogenated alkanes) is 6. The first kappa shape index (κ1) is 15.4. The van der Waals surface area contributed by atoms with Gasteiger partial charge in [-0.25, -0.2) is 5.11 Å². The molecule has 1 radical (unpaired) electrons. The van der Waals surface area contributed by atoms with Gasteiger partial charge in [0, 0.05) is 13.0 Å². The molecule has 16 heavy (non-hydrogen) atoms. The van der Waals surface area contributed by atoms with Crippen molar-refractivity contribution in [3.8, 4) is 0 Å². The number of rotatable bonds is 11. The van der Waals surface area contributed by atoms with Crippen LogP contribution in [-0.2, 0) is 9.90 Å². The van der Waals surface area contributed by atoms with Crippen LogP contribution in [0.4, 0.5) is 0 Å². The van der Waals surface area contributed by atoms with E-state index in [0.717, 1.165) is 45.1 Å². The highest BCUT2D eigenvalue weighted by Crippen LogP contribution is 2.04. The summed E-state index contributed by atoms with van der Waals surface area (Å²) in [7, 11) is 0. The topological polar surface area (TPSA) is 49.0 Å². The summed E-state index contributed by atoms with van der Waals surface area (Å²) in [6, 6.07) is 0. The Balaban J connectivity index is 3.11. The molecule has 1 N–H and O–H groups in total. The molecule has 0 aliphatic heterocycles. The summed E-state index contributed by atoms with van der Waals surface area (Å²) in [5.74, 6) is 0.180. The van der Waals surface area contributed by atoms with Crippen LogP contribution in [0, 0.1) is 0 Å². The first-order valence-electron chi connectivity index (χ1n) is 6.66. The Morgan fingerprint density at radius 3 is 2.31 bits per heavy atom. The molecule has 0 aliphatic rings. The molecule has 0 unspecified atom stereocenters. The fourth-order valence-corrected chi connectivity index (χ4v) is 1.61. The third-order valence-corrected chi connectivity index (χ3v) is 2.65. The zero-order chi connectivity index (χ0) is 12.1. The first-order valence-corrected chi connectivity index (χ1v) is 6.66. The van der Waals surface area contributed by atoms with Crippen LogP contribution in [0.25, 0.3) is 0 Å². The van der Waals surface area contributed by atoms with E-state index in [0.29, 0.717) is 6.42 Å². The van der Waals surface area contributed by atoms with Gasteiger partial charge in [0.1, 0.15) is 0 Å². The van der Waals surface area contributed by atoms with Gasteiger partial charge in [0.15, 0.2) is 0 Å². The van der Waals surface area contributed by atoms with Gasteiger partial charge >= 0.3 is 0 Å². The van der Waals surface area contributed by atoms with Crippen LogP contribution in [0.5, 0.6) is 0 Å². The van der Waals surface area contributed by atoms with Crippen LogP contribution in [0.15, 0.2) is 0 Å². The Labute approximate surface area is 99.6 Å². The summed E-state index contributed by atoms with van der Waals surface area (Å²) in [6.45, 7) is 3.02. The molecule has 0 fully saturated rings.